The van der Waals surface area contributed by atoms with Gasteiger partial charge in [-0.25, -0.2) is 0 Å². The van der Waals surface area contributed by atoms with Crippen LogP contribution in [0, 0.1) is 5.92 Å². The number of rotatable bonds is 4. The second-order valence-corrected chi connectivity index (χ2v) is 6.35. The van der Waals surface area contributed by atoms with Gasteiger partial charge < -0.3 is 14.9 Å². The minimum Gasteiger partial charge on any atom is -0.392 e. The molecule has 1 saturated carbocycles. The highest BCUT2D eigenvalue weighted by molar-refractivity contribution is 5.02. The van der Waals surface area contributed by atoms with Crippen molar-refractivity contribution in [2.75, 3.05) is 6.54 Å². The molecule has 2 N–H and O–H groups in total. The Morgan fingerprint density at radius 3 is 2.75 bits per heavy atom. The Labute approximate surface area is 120 Å². The first-order valence-corrected chi connectivity index (χ1v) is 8.01. The zero-order valence-corrected chi connectivity index (χ0v) is 12.2. The topological polar surface area (TPSA) is 71.2 Å². The van der Waals surface area contributed by atoms with E-state index >= 15 is 0 Å². The van der Waals surface area contributed by atoms with Gasteiger partial charge in [-0.1, -0.05) is 24.9 Å². The molecule has 0 aromatic carbocycles. The highest BCUT2D eigenvalue weighted by Crippen LogP contribution is 2.36. The molecular formula is C15H25N3O2. The molecule has 2 unspecified atom stereocenters. The number of aliphatic hydroxyl groups is 1. The van der Waals surface area contributed by atoms with Crippen LogP contribution in [0.25, 0.3) is 0 Å². The number of β-amino-alcohol motifs (C(OH)–C–C–N with tert-alkyl or cyclic N) is 1. The predicted octanol–water partition coefficient (Wildman–Crippen LogP) is 2.54. The van der Waals surface area contributed by atoms with Gasteiger partial charge in [-0.05, 0) is 38.0 Å². The van der Waals surface area contributed by atoms with Gasteiger partial charge in [-0.15, -0.1) is 0 Å². The molecule has 1 aliphatic heterocycles. The molecule has 2 fully saturated rings. The molecule has 2 atom stereocenters. The summed E-state index contributed by atoms with van der Waals surface area (Å²) < 4.78 is 5.39. The summed E-state index contributed by atoms with van der Waals surface area (Å²) in [6.45, 7) is 2.88. The lowest BCUT2D eigenvalue weighted by Gasteiger charge is -2.26. The van der Waals surface area contributed by atoms with E-state index in [9.17, 15) is 5.11 Å². The highest BCUT2D eigenvalue weighted by atomic mass is 16.5. The molecule has 0 amide bonds. The Kier molecular flexibility index (Phi) is 4.36. The van der Waals surface area contributed by atoms with E-state index < -0.39 is 0 Å². The van der Waals surface area contributed by atoms with Gasteiger partial charge in [0.05, 0.1) is 12.1 Å². The van der Waals surface area contributed by atoms with Crippen molar-refractivity contribution in [2.24, 2.45) is 5.92 Å². The number of nitrogens with one attached hydrogen (secondary N) is 1. The maximum atomic E-state index is 9.54. The Balaban J connectivity index is 1.57. The maximum Gasteiger partial charge on any atom is 0.243 e. The van der Waals surface area contributed by atoms with Crippen LogP contribution in [-0.4, -0.2) is 27.9 Å². The van der Waals surface area contributed by atoms with E-state index in [1.807, 2.05) is 0 Å². The quantitative estimate of drug-likeness (QED) is 0.886. The Bertz CT molecular complexity index is 427. The molecule has 0 radical (unpaired) electrons. The summed E-state index contributed by atoms with van der Waals surface area (Å²) in [4.78, 5) is 4.57. The van der Waals surface area contributed by atoms with Crippen LogP contribution in [0.4, 0.5) is 0 Å². The second-order valence-electron chi connectivity index (χ2n) is 6.35. The molecule has 20 heavy (non-hydrogen) atoms. The smallest absolute Gasteiger partial charge is 0.243 e. The van der Waals surface area contributed by atoms with Crippen molar-refractivity contribution < 1.29 is 9.63 Å². The summed E-state index contributed by atoms with van der Waals surface area (Å²) in [5.74, 6) is 2.88. The first kappa shape index (κ1) is 14.0. The van der Waals surface area contributed by atoms with Crippen molar-refractivity contribution in [3.63, 3.8) is 0 Å². The summed E-state index contributed by atoms with van der Waals surface area (Å²) >= 11 is 0. The van der Waals surface area contributed by atoms with Crippen LogP contribution in [-0.2, 0) is 0 Å². The third kappa shape index (κ3) is 3.04. The van der Waals surface area contributed by atoms with Gasteiger partial charge in [0, 0.05) is 12.5 Å². The van der Waals surface area contributed by atoms with Crippen molar-refractivity contribution in [3.05, 3.63) is 11.7 Å². The first-order valence-electron chi connectivity index (χ1n) is 8.01. The lowest BCUT2D eigenvalue weighted by Crippen LogP contribution is -2.16. The molecule has 3 rings (SSSR count). The molecular weight excluding hydrogens is 254 g/mol. The van der Waals surface area contributed by atoms with Crippen molar-refractivity contribution in [2.45, 2.75) is 69.9 Å². The molecule has 5 nitrogen and oxygen atoms in total. The van der Waals surface area contributed by atoms with Gasteiger partial charge in [-0.3, -0.25) is 0 Å². The number of hydrogen-bond acceptors (Lipinski definition) is 5. The highest BCUT2D eigenvalue weighted by Gasteiger charge is 2.30. The van der Waals surface area contributed by atoms with E-state index in [1.165, 1.54) is 38.5 Å². The van der Waals surface area contributed by atoms with E-state index in [0.29, 0.717) is 24.8 Å². The first-order chi connectivity index (χ1) is 9.76. The van der Waals surface area contributed by atoms with Gasteiger partial charge in [0.25, 0.3) is 0 Å². The Morgan fingerprint density at radius 1 is 1.30 bits per heavy atom. The fraction of sp³-hybridized carbons (Fsp3) is 0.867. The third-order valence-corrected chi connectivity index (χ3v) is 4.77. The molecule has 2 aliphatic rings. The van der Waals surface area contributed by atoms with Crippen molar-refractivity contribution in [1.29, 1.82) is 0 Å². The molecule has 112 valence electrons. The SMILES string of the molecule is CCCC1CCC(c2noc(C3CC(O)CN3)n2)CC1. The molecule has 0 spiro atoms. The zero-order valence-electron chi connectivity index (χ0n) is 12.2. The van der Waals surface area contributed by atoms with Crippen LogP contribution in [0.15, 0.2) is 4.52 Å². The Hall–Kier alpha value is -0.940. The average Bonchev–Trinajstić information content (AvgIpc) is 3.09. The molecule has 0 bridgehead atoms. The summed E-state index contributed by atoms with van der Waals surface area (Å²) in [6.07, 6.45) is 7.98. The van der Waals surface area contributed by atoms with E-state index in [-0.39, 0.29) is 12.1 Å². The van der Waals surface area contributed by atoms with E-state index in [2.05, 4.69) is 22.4 Å². The van der Waals surface area contributed by atoms with Crippen LogP contribution in [0.3, 0.4) is 0 Å². The molecule has 1 aliphatic carbocycles. The van der Waals surface area contributed by atoms with E-state index in [0.717, 1.165) is 11.7 Å². The number of aromatic nitrogens is 2. The fourth-order valence-electron chi connectivity index (χ4n) is 3.58. The lowest BCUT2D eigenvalue weighted by atomic mass is 9.80. The van der Waals surface area contributed by atoms with Crippen LogP contribution < -0.4 is 5.32 Å². The summed E-state index contributed by atoms with van der Waals surface area (Å²) in [5.41, 5.74) is 0. The molecule has 1 saturated heterocycles. The van der Waals surface area contributed by atoms with Crippen molar-refractivity contribution in [1.82, 2.24) is 15.5 Å². The molecule has 2 heterocycles. The minimum absolute atomic E-state index is 0.0303. The zero-order chi connectivity index (χ0) is 13.9. The van der Waals surface area contributed by atoms with Crippen LogP contribution in [0.2, 0.25) is 0 Å². The van der Waals surface area contributed by atoms with Crippen LogP contribution in [0.1, 0.15) is 75.5 Å². The summed E-state index contributed by atoms with van der Waals surface area (Å²) in [6, 6.07) is 0.0303. The monoisotopic (exact) mass is 279 g/mol. The fourth-order valence-corrected chi connectivity index (χ4v) is 3.58. The van der Waals surface area contributed by atoms with Gasteiger partial charge in [-0.2, -0.15) is 4.98 Å². The van der Waals surface area contributed by atoms with E-state index in [1.54, 1.807) is 0 Å². The maximum absolute atomic E-state index is 9.54. The summed E-state index contributed by atoms with van der Waals surface area (Å²) in [5, 5.41) is 16.9. The molecule has 1 aromatic rings. The number of aliphatic hydroxyl groups excluding tert-OH is 1. The second kappa shape index (κ2) is 6.22. The molecule has 1 aromatic heterocycles. The predicted molar refractivity (Wildman–Crippen MR) is 75.3 cm³/mol. The average molecular weight is 279 g/mol. The van der Waals surface area contributed by atoms with Crippen molar-refractivity contribution in [3.8, 4) is 0 Å². The summed E-state index contributed by atoms with van der Waals surface area (Å²) in [7, 11) is 0. The van der Waals surface area contributed by atoms with Gasteiger partial charge in [0.15, 0.2) is 5.82 Å². The minimum atomic E-state index is -0.292. The van der Waals surface area contributed by atoms with E-state index in [4.69, 9.17) is 4.52 Å². The normalized spacial score (nSPS) is 34.5. The Morgan fingerprint density at radius 2 is 2.10 bits per heavy atom. The van der Waals surface area contributed by atoms with Gasteiger partial charge in [0.1, 0.15) is 0 Å². The van der Waals surface area contributed by atoms with Gasteiger partial charge in [0.2, 0.25) is 5.89 Å². The number of hydrogen-bond donors (Lipinski definition) is 2. The largest absolute Gasteiger partial charge is 0.392 e. The van der Waals surface area contributed by atoms with Crippen molar-refractivity contribution >= 4 is 0 Å². The molecule has 5 heteroatoms. The van der Waals surface area contributed by atoms with Crippen LogP contribution >= 0.6 is 0 Å². The number of nitrogens with zero attached hydrogens (tertiary/aromatic N) is 2. The lowest BCUT2D eigenvalue weighted by molar-refractivity contribution is 0.191. The standard InChI is InChI=1S/C15H25N3O2/c1-2-3-10-4-6-11(7-5-10)14-17-15(20-18-14)13-8-12(19)9-16-13/h10-13,16,19H,2-9H2,1H3. The van der Waals surface area contributed by atoms with Crippen LogP contribution in [0.5, 0.6) is 0 Å². The third-order valence-electron chi connectivity index (χ3n) is 4.77. The van der Waals surface area contributed by atoms with Gasteiger partial charge >= 0.3 is 0 Å².